The third-order valence-corrected chi connectivity index (χ3v) is 4.03. The molecule has 0 amide bonds. The van der Waals surface area contributed by atoms with Crippen molar-refractivity contribution >= 4 is 5.78 Å². The van der Waals surface area contributed by atoms with Gasteiger partial charge in [-0.1, -0.05) is 30.3 Å². The first-order chi connectivity index (χ1) is 9.66. The summed E-state index contributed by atoms with van der Waals surface area (Å²) in [5.74, 6) is 0.446. The summed E-state index contributed by atoms with van der Waals surface area (Å²) in [4.78, 5) is 12.5. The average Bonchev–Trinajstić information content (AvgIpc) is 3.02. The first kappa shape index (κ1) is 13.1. The number of carbonyl (C=O) groups is 1. The molecule has 1 N–H and O–H groups in total. The summed E-state index contributed by atoms with van der Waals surface area (Å²) in [5.41, 5.74) is 2.68. The van der Waals surface area contributed by atoms with Gasteiger partial charge in [0.25, 0.3) is 0 Å². The predicted octanol–water partition coefficient (Wildman–Crippen LogP) is 2.98. The first-order valence-corrected chi connectivity index (χ1v) is 7.14. The highest BCUT2D eigenvalue weighted by Crippen LogP contribution is 2.34. The number of aliphatic hydroxyl groups is 1. The molecule has 1 aliphatic rings. The Balaban J connectivity index is 1.89. The zero-order valence-electron chi connectivity index (χ0n) is 11.6. The van der Waals surface area contributed by atoms with E-state index < -0.39 is 0 Å². The van der Waals surface area contributed by atoms with Crippen molar-refractivity contribution in [3.63, 3.8) is 0 Å². The van der Waals surface area contributed by atoms with Gasteiger partial charge < -0.3 is 9.67 Å². The van der Waals surface area contributed by atoms with Crippen molar-refractivity contribution in [2.45, 2.75) is 38.3 Å². The van der Waals surface area contributed by atoms with Crippen LogP contribution in [0.3, 0.4) is 0 Å². The number of fused-ring (bicyclic) bond motifs is 1. The van der Waals surface area contributed by atoms with Gasteiger partial charge in [0.15, 0.2) is 0 Å². The monoisotopic (exact) mass is 269 g/mol. The Kier molecular flexibility index (Phi) is 3.45. The van der Waals surface area contributed by atoms with Gasteiger partial charge in [0.2, 0.25) is 5.78 Å². The van der Waals surface area contributed by atoms with Crippen molar-refractivity contribution in [3.05, 3.63) is 59.4 Å². The van der Waals surface area contributed by atoms with E-state index in [4.69, 9.17) is 0 Å². The lowest BCUT2D eigenvalue weighted by Crippen LogP contribution is -2.09. The second-order valence-corrected chi connectivity index (χ2v) is 5.56. The van der Waals surface area contributed by atoms with E-state index in [0.717, 1.165) is 30.6 Å². The van der Waals surface area contributed by atoms with Crippen molar-refractivity contribution in [3.8, 4) is 0 Å². The fourth-order valence-electron chi connectivity index (χ4n) is 3.11. The zero-order valence-corrected chi connectivity index (χ0v) is 11.6. The maximum Gasteiger partial charge on any atom is 0.209 e. The Labute approximate surface area is 118 Å². The normalized spacial score (nSPS) is 18.8. The van der Waals surface area contributed by atoms with Gasteiger partial charge in [0.05, 0.1) is 11.8 Å². The maximum atomic E-state index is 12.5. The molecule has 0 saturated heterocycles. The van der Waals surface area contributed by atoms with Crippen LogP contribution in [-0.4, -0.2) is 21.6 Å². The summed E-state index contributed by atoms with van der Waals surface area (Å²) < 4.78 is 2.11. The van der Waals surface area contributed by atoms with Crippen LogP contribution < -0.4 is 0 Å². The van der Waals surface area contributed by atoms with Crippen LogP contribution in [0.5, 0.6) is 0 Å². The zero-order chi connectivity index (χ0) is 14.1. The molecule has 3 heteroatoms. The van der Waals surface area contributed by atoms with Gasteiger partial charge in [-0.2, -0.15) is 0 Å². The number of hydrogen-bond acceptors (Lipinski definition) is 2. The van der Waals surface area contributed by atoms with Gasteiger partial charge in [-0.25, -0.2) is 0 Å². The van der Waals surface area contributed by atoms with E-state index in [9.17, 15) is 9.90 Å². The molecule has 2 unspecified atom stereocenters. The van der Waals surface area contributed by atoms with Gasteiger partial charge in [-0.05, 0) is 31.9 Å². The van der Waals surface area contributed by atoms with E-state index in [2.05, 4.69) is 4.57 Å². The van der Waals surface area contributed by atoms with E-state index in [0.29, 0.717) is 5.92 Å². The van der Waals surface area contributed by atoms with Crippen LogP contribution in [0.4, 0.5) is 0 Å². The van der Waals surface area contributed by atoms with Gasteiger partial charge in [-0.3, -0.25) is 4.79 Å². The van der Waals surface area contributed by atoms with Crippen LogP contribution in [-0.2, 0) is 6.54 Å². The highest BCUT2D eigenvalue weighted by atomic mass is 16.3. The van der Waals surface area contributed by atoms with Gasteiger partial charge in [0, 0.05) is 23.7 Å². The molecule has 3 nitrogen and oxygen atoms in total. The van der Waals surface area contributed by atoms with Crippen LogP contribution in [0.2, 0.25) is 0 Å². The fraction of sp³-hybridized carbons (Fsp3) is 0.353. The van der Waals surface area contributed by atoms with Crippen LogP contribution in [0, 0.1) is 0 Å². The Morgan fingerprint density at radius 1 is 1.30 bits per heavy atom. The number of carbonyl (C=O) groups excluding carboxylic acids is 1. The smallest absolute Gasteiger partial charge is 0.209 e. The third-order valence-electron chi connectivity index (χ3n) is 4.03. The molecule has 0 bridgehead atoms. The van der Waals surface area contributed by atoms with Gasteiger partial charge in [0.1, 0.15) is 0 Å². The number of nitrogens with zero attached hydrogens (tertiary/aromatic N) is 1. The fourth-order valence-corrected chi connectivity index (χ4v) is 3.11. The number of aliphatic hydroxyl groups excluding tert-OH is 1. The van der Waals surface area contributed by atoms with E-state index in [-0.39, 0.29) is 11.9 Å². The molecule has 0 aliphatic carbocycles. The number of benzene rings is 1. The summed E-state index contributed by atoms with van der Waals surface area (Å²) in [6, 6.07) is 13.3. The SMILES string of the molecule is CC(O)CC1CCn2c(C(=O)c3ccccc3)ccc21. The van der Waals surface area contributed by atoms with E-state index in [1.165, 1.54) is 5.69 Å². The average molecular weight is 269 g/mol. The molecule has 2 heterocycles. The molecule has 1 aliphatic heterocycles. The van der Waals surface area contributed by atoms with Crippen LogP contribution in [0.1, 0.15) is 47.4 Å². The van der Waals surface area contributed by atoms with Crippen molar-refractivity contribution < 1.29 is 9.90 Å². The summed E-state index contributed by atoms with van der Waals surface area (Å²) >= 11 is 0. The molecule has 0 saturated carbocycles. The van der Waals surface area contributed by atoms with Gasteiger partial charge in [-0.15, -0.1) is 0 Å². The molecule has 0 fully saturated rings. The first-order valence-electron chi connectivity index (χ1n) is 7.14. The number of ketones is 1. The standard InChI is InChI=1S/C17H19NO2/c1-12(19)11-14-9-10-18-15(14)7-8-16(18)17(20)13-5-3-2-4-6-13/h2-8,12,14,19H,9-11H2,1H3. The molecule has 1 aromatic carbocycles. The molecule has 0 radical (unpaired) electrons. The Bertz CT molecular complexity index is 613. The molecule has 1 aromatic heterocycles. The topological polar surface area (TPSA) is 42.2 Å². The maximum absolute atomic E-state index is 12.5. The Morgan fingerprint density at radius 2 is 2.05 bits per heavy atom. The number of hydrogen-bond donors (Lipinski definition) is 1. The van der Waals surface area contributed by atoms with Crippen molar-refractivity contribution in [1.82, 2.24) is 4.57 Å². The molecule has 2 aromatic rings. The largest absolute Gasteiger partial charge is 0.393 e. The van der Waals surface area contributed by atoms with Crippen molar-refractivity contribution in [2.75, 3.05) is 0 Å². The lowest BCUT2D eigenvalue weighted by molar-refractivity contribution is 0.103. The quantitative estimate of drug-likeness (QED) is 0.867. The highest BCUT2D eigenvalue weighted by molar-refractivity contribution is 6.08. The summed E-state index contributed by atoms with van der Waals surface area (Å²) in [7, 11) is 0. The molecule has 20 heavy (non-hydrogen) atoms. The molecule has 2 atom stereocenters. The highest BCUT2D eigenvalue weighted by Gasteiger charge is 2.27. The summed E-state index contributed by atoms with van der Waals surface area (Å²) in [6.07, 6.45) is 1.48. The van der Waals surface area contributed by atoms with Crippen LogP contribution in [0.15, 0.2) is 42.5 Å². The predicted molar refractivity (Wildman–Crippen MR) is 78.0 cm³/mol. The van der Waals surface area contributed by atoms with Crippen LogP contribution >= 0.6 is 0 Å². The minimum atomic E-state index is -0.297. The number of rotatable bonds is 4. The second-order valence-electron chi connectivity index (χ2n) is 5.56. The van der Waals surface area contributed by atoms with Gasteiger partial charge >= 0.3 is 0 Å². The summed E-state index contributed by atoms with van der Waals surface area (Å²) in [6.45, 7) is 2.69. The Morgan fingerprint density at radius 3 is 2.75 bits per heavy atom. The van der Waals surface area contributed by atoms with Crippen molar-refractivity contribution in [2.24, 2.45) is 0 Å². The van der Waals surface area contributed by atoms with Crippen LogP contribution in [0.25, 0.3) is 0 Å². The molecule has 3 rings (SSSR count). The molecule has 0 spiro atoms. The minimum absolute atomic E-state index is 0.0783. The third kappa shape index (κ3) is 2.29. The lowest BCUT2D eigenvalue weighted by atomic mass is 9.98. The molecular weight excluding hydrogens is 250 g/mol. The second kappa shape index (κ2) is 5.25. The van der Waals surface area contributed by atoms with Crippen molar-refractivity contribution in [1.29, 1.82) is 0 Å². The molecule has 104 valence electrons. The van der Waals surface area contributed by atoms with E-state index >= 15 is 0 Å². The van der Waals surface area contributed by atoms with E-state index in [1.807, 2.05) is 49.4 Å². The van der Waals surface area contributed by atoms with E-state index in [1.54, 1.807) is 0 Å². The lowest BCUT2D eigenvalue weighted by Gasteiger charge is -2.11. The Hall–Kier alpha value is -1.87. The molecular formula is C17H19NO2. The minimum Gasteiger partial charge on any atom is -0.393 e. The summed E-state index contributed by atoms with van der Waals surface area (Å²) in [5, 5.41) is 9.56. The number of aromatic nitrogens is 1.